The van der Waals surface area contributed by atoms with E-state index in [1.807, 2.05) is 6.92 Å². The molecule has 0 unspecified atom stereocenters. The number of halogens is 1. The van der Waals surface area contributed by atoms with Gasteiger partial charge in [-0.05, 0) is 19.4 Å². The number of rotatable bonds is 4. The van der Waals surface area contributed by atoms with Gasteiger partial charge in [0.2, 0.25) is 5.95 Å². The summed E-state index contributed by atoms with van der Waals surface area (Å²) >= 11 is 0. The molecule has 3 N–H and O–H groups in total. The van der Waals surface area contributed by atoms with E-state index in [9.17, 15) is 14.4 Å². The molecule has 1 saturated heterocycles. The van der Waals surface area contributed by atoms with Crippen molar-refractivity contribution >= 4 is 17.4 Å². The number of nitrogens with two attached hydrogens (primary N) is 1. The number of carbonyl (C=O) groups excluding carboxylic acids is 1. The van der Waals surface area contributed by atoms with Crippen molar-refractivity contribution in [2.75, 3.05) is 11.9 Å². The Morgan fingerprint density at radius 1 is 1.60 bits per heavy atom. The number of nitrogens with zero attached hydrogens (tertiary/aromatic N) is 4. The maximum Gasteiger partial charge on any atom is 0.254 e. The molecule has 2 aromatic heterocycles. The third kappa shape index (κ3) is 3.59. The molecule has 8 nitrogen and oxygen atoms in total. The quantitative estimate of drug-likeness (QED) is 0.816. The van der Waals surface area contributed by atoms with E-state index >= 15 is 0 Å². The lowest BCUT2D eigenvalue weighted by atomic mass is 9.93. The first-order valence-electron chi connectivity index (χ1n) is 7.76. The van der Waals surface area contributed by atoms with Gasteiger partial charge in [-0.2, -0.15) is 14.8 Å². The fourth-order valence-corrected chi connectivity index (χ4v) is 2.81. The summed E-state index contributed by atoms with van der Waals surface area (Å²) in [6.07, 6.45) is 3.34. The molecular weight excluding hydrogens is 327 g/mol. The van der Waals surface area contributed by atoms with Gasteiger partial charge in [0.15, 0.2) is 5.82 Å². The summed E-state index contributed by atoms with van der Waals surface area (Å²) in [5, 5.41) is 16.6. The minimum atomic E-state index is -0.679. The van der Waals surface area contributed by atoms with E-state index in [0.29, 0.717) is 18.7 Å². The van der Waals surface area contributed by atoms with Crippen LogP contribution < -0.4 is 11.1 Å². The van der Waals surface area contributed by atoms with Crippen LogP contribution in [0.1, 0.15) is 29.7 Å². The Kier molecular flexibility index (Phi) is 4.63. The Bertz CT molecular complexity index is 830. The normalized spacial score (nSPS) is 23.0. The number of ether oxygens (including phenoxy) is 1. The highest BCUT2D eigenvalue weighted by molar-refractivity contribution is 5.98. The molecule has 3 rings (SSSR count). The minimum Gasteiger partial charge on any atom is -0.376 e. The van der Waals surface area contributed by atoms with Crippen LogP contribution >= 0.6 is 0 Å². The topological polar surface area (TPSA) is 119 Å². The standard InChI is InChI=1S/C16H17FN6O2/c1-9-4-10(6-18)13(8-25-9)23-7-12(15(19)24)16(22-23)21-11-2-3-20-14(17)5-11/h2-3,5,7,9-10,13H,4,8H2,1H3,(H2,19,24)(H,20,21,22)/t9-,10+,13-/m1/s1. The fraction of sp³-hybridized carbons (Fsp3) is 0.375. The average Bonchev–Trinajstić information content (AvgIpc) is 2.98. The van der Waals surface area contributed by atoms with Gasteiger partial charge in [-0.15, -0.1) is 0 Å². The summed E-state index contributed by atoms with van der Waals surface area (Å²) < 4.78 is 20.4. The van der Waals surface area contributed by atoms with E-state index in [-0.39, 0.29) is 29.4 Å². The van der Waals surface area contributed by atoms with Crippen LogP contribution in [0.25, 0.3) is 0 Å². The minimum absolute atomic E-state index is 0.00976. The number of carbonyl (C=O) groups is 1. The second kappa shape index (κ2) is 6.86. The number of pyridine rings is 1. The van der Waals surface area contributed by atoms with E-state index in [4.69, 9.17) is 10.5 Å². The number of hydrogen-bond acceptors (Lipinski definition) is 6. The number of hydrogen-bond donors (Lipinski definition) is 2. The monoisotopic (exact) mass is 344 g/mol. The number of amides is 1. The summed E-state index contributed by atoms with van der Waals surface area (Å²) in [7, 11) is 0. The van der Waals surface area contributed by atoms with E-state index in [1.54, 1.807) is 0 Å². The molecule has 0 aromatic carbocycles. The number of primary amides is 1. The highest BCUT2D eigenvalue weighted by atomic mass is 19.1. The fourth-order valence-electron chi connectivity index (χ4n) is 2.81. The molecule has 3 heterocycles. The van der Waals surface area contributed by atoms with Crippen molar-refractivity contribution in [1.82, 2.24) is 14.8 Å². The SMILES string of the molecule is C[C@@H]1C[C@@H](C#N)[C@H](n2cc(C(N)=O)c(Nc3ccnc(F)c3)n2)CO1. The molecule has 0 aliphatic carbocycles. The second-order valence-electron chi connectivity index (χ2n) is 5.91. The van der Waals surface area contributed by atoms with E-state index < -0.39 is 11.9 Å². The lowest BCUT2D eigenvalue weighted by Crippen LogP contribution is -2.33. The van der Waals surface area contributed by atoms with Crippen LogP contribution in [0.5, 0.6) is 0 Å². The molecule has 3 atom stereocenters. The Morgan fingerprint density at radius 3 is 3.08 bits per heavy atom. The average molecular weight is 344 g/mol. The molecule has 0 saturated carbocycles. The van der Waals surface area contributed by atoms with Crippen molar-refractivity contribution in [3.8, 4) is 6.07 Å². The van der Waals surface area contributed by atoms with Gasteiger partial charge in [0.25, 0.3) is 5.91 Å². The smallest absolute Gasteiger partial charge is 0.254 e. The number of nitriles is 1. The van der Waals surface area contributed by atoms with E-state index in [2.05, 4.69) is 21.5 Å². The van der Waals surface area contributed by atoms with Gasteiger partial charge in [-0.3, -0.25) is 9.48 Å². The van der Waals surface area contributed by atoms with Crippen molar-refractivity contribution in [3.05, 3.63) is 36.0 Å². The van der Waals surface area contributed by atoms with Gasteiger partial charge < -0.3 is 15.8 Å². The predicted molar refractivity (Wildman–Crippen MR) is 86.4 cm³/mol. The molecule has 9 heteroatoms. The maximum atomic E-state index is 13.2. The van der Waals surface area contributed by atoms with Crippen molar-refractivity contribution in [3.63, 3.8) is 0 Å². The lowest BCUT2D eigenvalue weighted by Gasteiger charge is -2.31. The number of nitrogens with one attached hydrogen (secondary N) is 1. The van der Waals surface area contributed by atoms with Gasteiger partial charge in [0.05, 0.1) is 30.7 Å². The molecule has 1 amide bonds. The van der Waals surface area contributed by atoms with Crippen LogP contribution in [0.3, 0.4) is 0 Å². The van der Waals surface area contributed by atoms with Gasteiger partial charge in [0, 0.05) is 24.1 Å². The van der Waals surface area contributed by atoms with Crippen molar-refractivity contribution in [2.45, 2.75) is 25.5 Å². The molecule has 0 spiro atoms. The first-order chi connectivity index (χ1) is 12.0. The first kappa shape index (κ1) is 16.9. The highest BCUT2D eigenvalue weighted by Gasteiger charge is 2.32. The van der Waals surface area contributed by atoms with Crippen molar-refractivity contribution in [1.29, 1.82) is 5.26 Å². The summed E-state index contributed by atoms with van der Waals surface area (Å²) in [4.78, 5) is 15.2. The number of anilines is 2. The molecule has 1 fully saturated rings. The lowest BCUT2D eigenvalue weighted by molar-refractivity contribution is -0.0215. The van der Waals surface area contributed by atoms with Gasteiger partial charge in [0.1, 0.15) is 5.56 Å². The maximum absolute atomic E-state index is 13.2. The largest absolute Gasteiger partial charge is 0.376 e. The summed E-state index contributed by atoms with van der Waals surface area (Å²) in [6.45, 7) is 2.21. The molecular formula is C16H17FN6O2. The molecule has 130 valence electrons. The third-order valence-electron chi connectivity index (χ3n) is 4.09. The van der Waals surface area contributed by atoms with Crippen LogP contribution in [0, 0.1) is 23.2 Å². The van der Waals surface area contributed by atoms with E-state index in [1.165, 1.54) is 29.2 Å². The Balaban J connectivity index is 1.92. The Labute approximate surface area is 143 Å². The van der Waals surface area contributed by atoms with Crippen molar-refractivity contribution in [2.24, 2.45) is 11.7 Å². The zero-order valence-electron chi connectivity index (χ0n) is 13.5. The van der Waals surface area contributed by atoms with Crippen LogP contribution in [-0.2, 0) is 4.74 Å². The molecule has 2 aromatic rings. The number of aromatic nitrogens is 3. The Hall–Kier alpha value is -2.99. The molecule has 0 radical (unpaired) electrons. The molecule has 1 aliphatic rings. The van der Waals surface area contributed by atoms with E-state index in [0.717, 1.165) is 0 Å². The second-order valence-corrected chi connectivity index (χ2v) is 5.91. The zero-order chi connectivity index (χ0) is 18.0. The van der Waals surface area contributed by atoms with Crippen molar-refractivity contribution < 1.29 is 13.9 Å². The van der Waals surface area contributed by atoms with Crippen LogP contribution in [0.4, 0.5) is 15.9 Å². The first-order valence-corrected chi connectivity index (χ1v) is 7.76. The summed E-state index contributed by atoms with van der Waals surface area (Å²) in [6, 6.07) is 4.65. The van der Waals surface area contributed by atoms with Crippen LogP contribution in [0.2, 0.25) is 0 Å². The molecule has 0 bridgehead atoms. The third-order valence-corrected chi connectivity index (χ3v) is 4.09. The zero-order valence-corrected chi connectivity index (χ0v) is 13.5. The molecule has 25 heavy (non-hydrogen) atoms. The Morgan fingerprint density at radius 2 is 2.40 bits per heavy atom. The van der Waals surface area contributed by atoms with Gasteiger partial charge in [-0.25, -0.2) is 4.98 Å². The summed E-state index contributed by atoms with van der Waals surface area (Å²) in [5.41, 5.74) is 5.94. The van der Waals surface area contributed by atoms with Gasteiger partial charge >= 0.3 is 0 Å². The van der Waals surface area contributed by atoms with Crippen LogP contribution in [-0.4, -0.2) is 33.4 Å². The predicted octanol–water partition coefficient (Wildman–Crippen LogP) is 1.75. The highest BCUT2D eigenvalue weighted by Crippen LogP contribution is 2.30. The molecule has 1 aliphatic heterocycles. The summed E-state index contributed by atoms with van der Waals surface area (Å²) in [5.74, 6) is -1.45. The van der Waals surface area contributed by atoms with Crippen LogP contribution in [0.15, 0.2) is 24.5 Å². The van der Waals surface area contributed by atoms with Gasteiger partial charge in [-0.1, -0.05) is 0 Å².